The van der Waals surface area contributed by atoms with Crippen molar-refractivity contribution in [2.75, 3.05) is 32.7 Å². The highest BCUT2D eigenvalue weighted by atomic mass is 16.3. The summed E-state index contributed by atoms with van der Waals surface area (Å²) in [7, 11) is 0. The van der Waals surface area contributed by atoms with Crippen LogP contribution in [0.5, 0.6) is 0 Å². The summed E-state index contributed by atoms with van der Waals surface area (Å²) in [6.45, 7) is 9.77. The molecule has 0 aliphatic carbocycles. The van der Waals surface area contributed by atoms with E-state index in [2.05, 4.69) is 24.1 Å². The van der Waals surface area contributed by atoms with Crippen molar-refractivity contribution in [1.29, 1.82) is 0 Å². The summed E-state index contributed by atoms with van der Waals surface area (Å²) in [5.41, 5.74) is -0.700. The highest BCUT2D eigenvalue weighted by Gasteiger charge is 2.34. The van der Waals surface area contributed by atoms with Crippen molar-refractivity contribution in [1.82, 2.24) is 15.1 Å². The van der Waals surface area contributed by atoms with Crippen LogP contribution in [0.25, 0.3) is 0 Å². The molecule has 6 nitrogen and oxygen atoms in total. The molecule has 0 saturated carbocycles. The molecule has 2 aliphatic rings. The molecule has 2 saturated heterocycles. The zero-order valence-electron chi connectivity index (χ0n) is 16.8. The third-order valence-corrected chi connectivity index (χ3v) is 5.72. The molecule has 0 unspecified atom stereocenters. The van der Waals surface area contributed by atoms with Gasteiger partial charge in [-0.3, -0.25) is 9.59 Å². The molecular formula is C20H37N3O3. The Bertz CT molecular complexity index is 475. The quantitative estimate of drug-likeness (QED) is 0.750. The van der Waals surface area contributed by atoms with Gasteiger partial charge in [0.1, 0.15) is 0 Å². The minimum atomic E-state index is -0.700. The lowest BCUT2D eigenvalue weighted by Gasteiger charge is -2.38. The van der Waals surface area contributed by atoms with E-state index in [0.717, 1.165) is 51.7 Å². The highest BCUT2D eigenvalue weighted by Crippen LogP contribution is 2.25. The molecule has 0 aromatic heterocycles. The zero-order valence-corrected chi connectivity index (χ0v) is 16.8. The van der Waals surface area contributed by atoms with Crippen LogP contribution in [0.4, 0.5) is 0 Å². The normalized spacial score (nSPS) is 26.0. The number of rotatable bonds is 6. The smallest absolute Gasteiger partial charge is 0.222 e. The van der Waals surface area contributed by atoms with E-state index in [1.54, 1.807) is 6.92 Å². The van der Waals surface area contributed by atoms with Crippen molar-refractivity contribution in [3.8, 4) is 0 Å². The van der Waals surface area contributed by atoms with E-state index in [9.17, 15) is 14.7 Å². The Labute approximate surface area is 158 Å². The molecule has 26 heavy (non-hydrogen) atoms. The summed E-state index contributed by atoms with van der Waals surface area (Å²) in [4.78, 5) is 27.8. The van der Waals surface area contributed by atoms with E-state index in [0.29, 0.717) is 31.8 Å². The largest absolute Gasteiger partial charge is 0.388 e. The van der Waals surface area contributed by atoms with Gasteiger partial charge in [-0.1, -0.05) is 13.8 Å². The standard InChI is InChI=1S/C20H37N3O3/c1-16(2)5-6-19(25)23-11-4-9-20(26,10-14-23)15-22-12-7-18(8-13-22)21-17(3)24/h16,18,26H,4-15H2,1-3H3,(H,21,24)/t20-/m0/s1. The molecule has 2 amide bonds. The average Bonchev–Trinajstić information content (AvgIpc) is 2.76. The SMILES string of the molecule is CC(=O)NC1CCN(C[C@]2(O)CCCN(C(=O)CCC(C)C)CC2)CC1. The van der Waals surface area contributed by atoms with Gasteiger partial charge in [-0.2, -0.15) is 0 Å². The molecule has 2 rings (SSSR count). The average molecular weight is 368 g/mol. The van der Waals surface area contributed by atoms with Crippen LogP contribution in [-0.4, -0.2) is 71.1 Å². The molecule has 0 radical (unpaired) electrons. The Morgan fingerprint density at radius 1 is 1.15 bits per heavy atom. The molecule has 2 fully saturated rings. The van der Waals surface area contributed by atoms with Gasteiger partial charge in [0.05, 0.1) is 5.60 Å². The van der Waals surface area contributed by atoms with Crippen LogP contribution in [0.1, 0.15) is 65.7 Å². The molecule has 0 spiro atoms. The predicted molar refractivity (Wildman–Crippen MR) is 103 cm³/mol. The number of nitrogens with zero attached hydrogens (tertiary/aromatic N) is 2. The molecule has 1 atom stereocenters. The second kappa shape index (κ2) is 9.70. The molecule has 0 bridgehead atoms. The molecular weight excluding hydrogens is 330 g/mol. The van der Waals surface area contributed by atoms with Crippen LogP contribution in [-0.2, 0) is 9.59 Å². The Kier molecular flexibility index (Phi) is 7.89. The lowest BCUT2D eigenvalue weighted by Crippen LogP contribution is -2.50. The first-order chi connectivity index (χ1) is 12.3. The molecule has 6 heteroatoms. The van der Waals surface area contributed by atoms with Gasteiger partial charge >= 0.3 is 0 Å². The number of β-amino-alcohol motifs (C(OH)–C–C–N with tert-alkyl or cyclic N) is 1. The van der Waals surface area contributed by atoms with Crippen molar-refractivity contribution >= 4 is 11.8 Å². The maximum Gasteiger partial charge on any atom is 0.222 e. The van der Waals surface area contributed by atoms with Crippen LogP contribution in [0.2, 0.25) is 0 Å². The Balaban J connectivity index is 1.78. The van der Waals surface area contributed by atoms with Crippen LogP contribution >= 0.6 is 0 Å². The number of hydrogen-bond donors (Lipinski definition) is 2. The zero-order chi connectivity index (χ0) is 19.2. The van der Waals surface area contributed by atoms with Gasteiger partial charge in [0.15, 0.2) is 0 Å². The van der Waals surface area contributed by atoms with Crippen molar-refractivity contribution in [2.45, 2.75) is 77.4 Å². The molecule has 0 aromatic rings. The van der Waals surface area contributed by atoms with Crippen LogP contribution < -0.4 is 5.32 Å². The summed E-state index contributed by atoms with van der Waals surface area (Å²) in [5, 5.41) is 14.1. The number of amides is 2. The van der Waals surface area contributed by atoms with Gasteiger partial charge in [0, 0.05) is 52.1 Å². The van der Waals surface area contributed by atoms with Crippen molar-refractivity contribution in [3.63, 3.8) is 0 Å². The summed E-state index contributed by atoms with van der Waals surface area (Å²) < 4.78 is 0. The second-order valence-corrected chi connectivity index (χ2v) is 8.64. The minimum Gasteiger partial charge on any atom is -0.388 e. The summed E-state index contributed by atoms with van der Waals surface area (Å²) in [5.74, 6) is 0.815. The maximum atomic E-state index is 12.4. The second-order valence-electron chi connectivity index (χ2n) is 8.64. The van der Waals surface area contributed by atoms with E-state index >= 15 is 0 Å². The fourth-order valence-corrected chi connectivity index (χ4v) is 4.10. The van der Waals surface area contributed by atoms with E-state index in [1.807, 2.05) is 4.90 Å². The van der Waals surface area contributed by atoms with Crippen molar-refractivity contribution < 1.29 is 14.7 Å². The molecule has 2 N–H and O–H groups in total. The Morgan fingerprint density at radius 3 is 2.46 bits per heavy atom. The van der Waals surface area contributed by atoms with Crippen LogP contribution in [0, 0.1) is 5.92 Å². The number of carbonyl (C=O) groups excluding carboxylic acids is 2. The first-order valence-corrected chi connectivity index (χ1v) is 10.3. The van der Waals surface area contributed by atoms with Gasteiger partial charge in [0.2, 0.25) is 11.8 Å². The maximum absolute atomic E-state index is 12.4. The number of aliphatic hydroxyl groups is 1. The van der Waals surface area contributed by atoms with Gasteiger partial charge in [0.25, 0.3) is 0 Å². The number of carbonyl (C=O) groups is 2. The molecule has 2 heterocycles. The monoisotopic (exact) mass is 367 g/mol. The first-order valence-electron chi connectivity index (χ1n) is 10.3. The highest BCUT2D eigenvalue weighted by molar-refractivity contribution is 5.76. The summed E-state index contributed by atoms with van der Waals surface area (Å²) in [6.07, 6.45) is 5.71. The number of piperidine rings is 1. The van der Waals surface area contributed by atoms with Gasteiger partial charge in [-0.15, -0.1) is 0 Å². The van der Waals surface area contributed by atoms with E-state index in [-0.39, 0.29) is 17.9 Å². The van der Waals surface area contributed by atoms with E-state index in [1.165, 1.54) is 0 Å². The van der Waals surface area contributed by atoms with E-state index in [4.69, 9.17) is 0 Å². The van der Waals surface area contributed by atoms with Gasteiger partial charge in [-0.25, -0.2) is 0 Å². The Morgan fingerprint density at radius 2 is 1.85 bits per heavy atom. The third-order valence-electron chi connectivity index (χ3n) is 5.72. The minimum absolute atomic E-state index is 0.0353. The lowest BCUT2D eigenvalue weighted by molar-refractivity contribution is -0.131. The van der Waals surface area contributed by atoms with Crippen LogP contribution in [0.3, 0.4) is 0 Å². The van der Waals surface area contributed by atoms with Crippen molar-refractivity contribution in [2.24, 2.45) is 5.92 Å². The first kappa shape index (κ1) is 21.2. The fourth-order valence-electron chi connectivity index (χ4n) is 4.10. The molecule has 150 valence electrons. The van der Waals surface area contributed by atoms with Crippen LogP contribution in [0.15, 0.2) is 0 Å². The summed E-state index contributed by atoms with van der Waals surface area (Å²) >= 11 is 0. The van der Waals surface area contributed by atoms with E-state index < -0.39 is 5.60 Å². The van der Waals surface area contributed by atoms with Gasteiger partial charge in [-0.05, 0) is 44.4 Å². The number of likely N-dealkylation sites (tertiary alicyclic amines) is 2. The number of nitrogens with one attached hydrogen (secondary N) is 1. The fraction of sp³-hybridized carbons (Fsp3) is 0.900. The topological polar surface area (TPSA) is 72.9 Å². The lowest BCUT2D eigenvalue weighted by atomic mass is 9.93. The molecule has 2 aliphatic heterocycles. The number of hydrogen-bond acceptors (Lipinski definition) is 4. The summed E-state index contributed by atoms with van der Waals surface area (Å²) in [6, 6.07) is 0.265. The van der Waals surface area contributed by atoms with Crippen molar-refractivity contribution in [3.05, 3.63) is 0 Å². The third kappa shape index (κ3) is 6.88. The Hall–Kier alpha value is -1.14. The predicted octanol–water partition coefficient (Wildman–Crippen LogP) is 1.77. The van der Waals surface area contributed by atoms with Gasteiger partial charge < -0.3 is 20.2 Å². The molecule has 0 aromatic carbocycles.